The fourth-order valence-electron chi connectivity index (χ4n) is 2.44. The first kappa shape index (κ1) is 12.8. The first-order valence-electron chi connectivity index (χ1n) is 5.99. The molecule has 0 spiro atoms. The van der Waals surface area contributed by atoms with Crippen LogP contribution in [0.4, 0.5) is 11.4 Å². The van der Waals surface area contributed by atoms with Crippen molar-refractivity contribution in [3.8, 4) is 0 Å². The molecule has 0 radical (unpaired) electrons. The van der Waals surface area contributed by atoms with Gasteiger partial charge in [0.15, 0.2) is 0 Å². The second-order valence-corrected chi connectivity index (χ2v) is 5.29. The molecule has 0 amide bonds. The number of anilines is 1. The van der Waals surface area contributed by atoms with Gasteiger partial charge >= 0.3 is 0 Å². The average molecular weight is 250 g/mol. The van der Waals surface area contributed by atoms with E-state index in [-0.39, 0.29) is 28.2 Å². The monoisotopic (exact) mass is 250 g/mol. The first-order valence-corrected chi connectivity index (χ1v) is 5.99. The number of nitro benzene ring substituents is 1. The highest BCUT2D eigenvalue weighted by Gasteiger charge is 2.48. The van der Waals surface area contributed by atoms with E-state index in [0.717, 1.165) is 12.1 Å². The number of nitro groups is 1. The van der Waals surface area contributed by atoms with E-state index in [0.29, 0.717) is 0 Å². The van der Waals surface area contributed by atoms with Crippen LogP contribution in [-0.2, 0) is 4.74 Å². The molecule has 0 saturated heterocycles. The maximum absolute atomic E-state index is 10.7. The molecule has 0 aromatic heterocycles. The van der Waals surface area contributed by atoms with Crippen molar-refractivity contribution in [2.24, 2.45) is 5.41 Å². The number of nitrogens with zero attached hydrogens (tertiary/aromatic N) is 1. The van der Waals surface area contributed by atoms with Crippen molar-refractivity contribution in [2.45, 2.75) is 32.4 Å². The smallest absolute Gasteiger partial charge is 0.271 e. The van der Waals surface area contributed by atoms with Gasteiger partial charge in [0.25, 0.3) is 5.69 Å². The molecule has 1 fully saturated rings. The molecule has 2 unspecified atom stereocenters. The fraction of sp³-hybridized carbons (Fsp3) is 0.538. The normalized spacial score (nSPS) is 25.3. The Hall–Kier alpha value is -1.62. The quantitative estimate of drug-likeness (QED) is 0.659. The van der Waals surface area contributed by atoms with Crippen LogP contribution in [0.5, 0.6) is 0 Å². The number of methoxy groups -OCH3 is 1. The minimum Gasteiger partial charge on any atom is -0.381 e. The summed E-state index contributed by atoms with van der Waals surface area (Å²) >= 11 is 0. The van der Waals surface area contributed by atoms with Crippen LogP contribution in [0.25, 0.3) is 0 Å². The lowest BCUT2D eigenvalue weighted by atomic mass is 9.64. The summed E-state index contributed by atoms with van der Waals surface area (Å²) in [6, 6.07) is 6.89. The summed E-state index contributed by atoms with van der Waals surface area (Å²) in [4.78, 5) is 10.3. The Kier molecular flexibility index (Phi) is 3.26. The zero-order chi connectivity index (χ0) is 13.3. The Morgan fingerprint density at radius 1 is 1.50 bits per heavy atom. The van der Waals surface area contributed by atoms with E-state index in [4.69, 9.17) is 4.74 Å². The molecule has 2 rings (SSSR count). The van der Waals surface area contributed by atoms with Gasteiger partial charge in [-0.15, -0.1) is 0 Å². The van der Waals surface area contributed by atoms with Crippen molar-refractivity contribution in [3.63, 3.8) is 0 Å². The molecule has 0 heterocycles. The molecular weight excluding hydrogens is 232 g/mol. The summed E-state index contributed by atoms with van der Waals surface area (Å²) in [6.07, 6.45) is 1.17. The third-order valence-electron chi connectivity index (χ3n) is 3.86. The van der Waals surface area contributed by atoms with Gasteiger partial charge in [0.05, 0.1) is 11.0 Å². The zero-order valence-electron chi connectivity index (χ0n) is 10.8. The average Bonchev–Trinajstić information content (AvgIpc) is 2.34. The second-order valence-electron chi connectivity index (χ2n) is 5.29. The van der Waals surface area contributed by atoms with E-state index in [1.807, 2.05) is 6.07 Å². The number of hydrogen-bond acceptors (Lipinski definition) is 4. The van der Waals surface area contributed by atoms with Crippen molar-refractivity contribution in [1.82, 2.24) is 0 Å². The molecule has 0 bridgehead atoms. The predicted molar refractivity (Wildman–Crippen MR) is 69.7 cm³/mol. The molecular formula is C13H18N2O3. The standard InChI is InChI=1S/C13H18N2O3/c1-13(2)11(8-12(13)18-3)14-9-5-4-6-10(7-9)15(16)17/h4-7,11-12,14H,8H2,1-3H3. The number of benzene rings is 1. The highest BCUT2D eigenvalue weighted by molar-refractivity contribution is 5.52. The number of hydrogen-bond donors (Lipinski definition) is 1. The van der Waals surface area contributed by atoms with Crippen molar-refractivity contribution in [1.29, 1.82) is 0 Å². The summed E-state index contributed by atoms with van der Waals surface area (Å²) in [6.45, 7) is 4.28. The van der Waals surface area contributed by atoms with Crippen LogP contribution in [0.15, 0.2) is 24.3 Å². The molecule has 18 heavy (non-hydrogen) atoms. The van der Waals surface area contributed by atoms with Gasteiger partial charge in [0.1, 0.15) is 0 Å². The van der Waals surface area contributed by atoms with Gasteiger partial charge < -0.3 is 10.1 Å². The van der Waals surface area contributed by atoms with Crippen molar-refractivity contribution >= 4 is 11.4 Å². The van der Waals surface area contributed by atoms with E-state index >= 15 is 0 Å². The summed E-state index contributed by atoms with van der Waals surface area (Å²) in [5.74, 6) is 0. The molecule has 5 nitrogen and oxygen atoms in total. The van der Waals surface area contributed by atoms with Crippen LogP contribution in [0.2, 0.25) is 0 Å². The van der Waals surface area contributed by atoms with Crippen molar-refractivity contribution < 1.29 is 9.66 Å². The number of ether oxygens (including phenoxy) is 1. The summed E-state index contributed by atoms with van der Waals surface area (Å²) in [5, 5.41) is 14.0. The predicted octanol–water partition coefficient (Wildman–Crippen LogP) is 2.82. The largest absolute Gasteiger partial charge is 0.381 e. The van der Waals surface area contributed by atoms with Gasteiger partial charge in [-0.2, -0.15) is 0 Å². The molecule has 5 heteroatoms. The van der Waals surface area contributed by atoms with Crippen LogP contribution in [0.1, 0.15) is 20.3 Å². The topological polar surface area (TPSA) is 64.4 Å². The molecule has 98 valence electrons. The highest BCUT2D eigenvalue weighted by atomic mass is 16.6. The number of rotatable bonds is 4. The van der Waals surface area contributed by atoms with Gasteiger partial charge in [0, 0.05) is 36.4 Å². The Bertz CT molecular complexity index is 459. The minimum absolute atomic E-state index is 0.0410. The summed E-state index contributed by atoms with van der Waals surface area (Å²) < 4.78 is 5.38. The van der Waals surface area contributed by atoms with Gasteiger partial charge in [-0.3, -0.25) is 10.1 Å². The maximum Gasteiger partial charge on any atom is 0.271 e. The lowest BCUT2D eigenvalue weighted by molar-refractivity contribution is -0.384. The first-order chi connectivity index (χ1) is 8.45. The molecule has 1 aromatic rings. The summed E-state index contributed by atoms with van der Waals surface area (Å²) in [5.41, 5.74) is 0.941. The van der Waals surface area contributed by atoms with Crippen molar-refractivity contribution in [2.75, 3.05) is 12.4 Å². The van der Waals surface area contributed by atoms with E-state index in [1.54, 1.807) is 19.2 Å². The Balaban J connectivity index is 2.07. The lowest BCUT2D eigenvalue weighted by Crippen LogP contribution is -2.57. The molecule has 1 N–H and O–H groups in total. The van der Waals surface area contributed by atoms with E-state index < -0.39 is 0 Å². The van der Waals surface area contributed by atoms with Gasteiger partial charge in [-0.25, -0.2) is 0 Å². The van der Waals surface area contributed by atoms with E-state index in [1.165, 1.54) is 6.07 Å². The number of nitrogens with one attached hydrogen (secondary N) is 1. The lowest BCUT2D eigenvalue weighted by Gasteiger charge is -2.51. The highest BCUT2D eigenvalue weighted by Crippen LogP contribution is 2.44. The van der Waals surface area contributed by atoms with Crippen LogP contribution in [-0.4, -0.2) is 24.2 Å². The maximum atomic E-state index is 10.7. The van der Waals surface area contributed by atoms with Crippen LogP contribution < -0.4 is 5.32 Å². The molecule has 1 aliphatic carbocycles. The Morgan fingerprint density at radius 2 is 2.22 bits per heavy atom. The van der Waals surface area contributed by atoms with Crippen LogP contribution in [0.3, 0.4) is 0 Å². The minimum atomic E-state index is -0.380. The third-order valence-corrected chi connectivity index (χ3v) is 3.86. The molecule has 1 saturated carbocycles. The van der Waals surface area contributed by atoms with Gasteiger partial charge in [0.2, 0.25) is 0 Å². The Morgan fingerprint density at radius 3 is 2.78 bits per heavy atom. The van der Waals surface area contributed by atoms with Gasteiger partial charge in [-0.05, 0) is 12.5 Å². The van der Waals surface area contributed by atoms with Crippen LogP contribution >= 0.6 is 0 Å². The van der Waals surface area contributed by atoms with E-state index in [9.17, 15) is 10.1 Å². The number of non-ortho nitro benzene ring substituents is 1. The third kappa shape index (κ3) is 2.18. The summed E-state index contributed by atoms with van der Waals surface area (Å²) in [7, 11) is 1.72. The van der Waals surface area contributed by atoms with Gasteiger partial charge in [-0.1, -0.05) is 19.9 Å². The van der Waals surface area contributed by atoms with E-state index in [2.05, 4.69) is 19.2 Å². The molecule has 2 atom stereocenters. The second kappa shape index (κ2) is 4.57. The molecule has 0 aliphatic heterocycles. The fourth-order valence-corrected chi connectivity index (χ4v) is 2.44. The molecule has 1 aliphatic rings. The SMILES string of the molecule is COC1CC(Nc2cccc([N+](=O)[O-])c2)C1(C)C. The van der Waals surface area contributed by atoms with Crippen molar-refractivity contribution in [3.05, 3.63) is 34.4 Å². The molecule has 1 aromatic carbocycles. The Labute approximate surface area is 106 Å². The van der Waals surface area contributed by atoms with Crippen LogP contribution in [0, 0.1) is 15.5 Å². The zero-order valence-corrected chi connectivity index (χ0v) is 10.8.